The molecule has 2 unspecified atom stereocenters. The number of aliphatic carboxylic acids is 1. The van der Waals surface area contributed by atoms with Crippen LogP contribution in [0.5, 0.6) is 0 Å². The van der Waals surface area contributed by atoms with Crippen LogP contribution in [0.15, 0.2) is 12.1 Å². The predicted octanol–water partition coefficient (Wildman–Crippen LogP) is 3.22. The summed E-state index contributed by atoms with van der Waals surface area (Å²) in [5, 5.41) is 38.1. The zero-order chi connectivity index (χ0) is 17.8. The van der Waals surface area contributed by atoms with E-state index in [9.17, 15) is 25.7 Å². The second kappa shape index (κ2) is 5.08. The molecule has 0 amide bonds. The van der Waals surface area contributed by atoms with Gasteiger partial charge in [0.2, 0.25) is 0 Å². The average Bonchev–Trinajstić information content (AvgIpc) is 2.59. The van der Waals surface area contributed by atoms with Gasteiger partial charge in [-0.2, -0.15) is 15.8 Å². The van der Waals surface area contributed by atoms with Crippen LogP contribution in [-0.2, 0) is 10.2 Å². The Labute approximate surface area is 146 Å². The standard InChI is InChI=1S/C20H17N3O2/c21-8-14-2-16(10-23)17(3-15(14)9-22)19-4-12-1-13(5-19)7-20(6-12,11-19)18(24)25/h2-3,12-13H,1,4-7,11H2,(H,24,25)/t12-,13+,19?,20?. The quantitative estimate of drug-likeness (QED) is 0.895. The number of carbonyl (C=O) groups is 1. The molecule has 25 heavy (non-hydrogen) atoms. The lowest BCUT2D eigenvalue weighted by atomic mass is 9.42. The highest BCUT2D eigenvalue weighted by Crippen LogP contribution is 2.66. The SMILES string of the molecule is N#Cc1cc(C#N)c(C23C[C@@H]4C[C@@H](CC(C(=O)O)(C4)C2)C3)cc1C#N. The van der Waals surface area contributed by atoms with Crippen molar-refractivity contribution >= 4 is 5.97 Å². The van der Waals surface area contributed by atoms with Crippen LogP contribution < -0.4 is 0 Å². The summed E-state index contributed by atoms with van der Waals surface area (Å²) in [5.41, 5.74) is 0.630. The molecule has 5 heteroatoms. The maximum atomic E-state index is 12.0. The van der Waals surface area contributed by atoms with E-state index in [1.54, 1.807) is 6.07 Å². The Morgan fingerprint density at radius 2 is 1.52 bits per heavy atom. The fourth-order valence-electron chi connectivity index (χ4n) is 6.14. The zero-order valence-electron chi connectivity index (χ0n) is 13.7. The molecule has 1 N–H and O–H groups in total. The van der Waals surface area contributed by atoms with E-state index in [2.05, 4.69) is 12.1 Å². The van der Waals surface area contributed by atoms with Crippen molar-refractivity contribution < 1.29 is 9.90 Å². The Bertz CT molecular complexity index is 899. The van der Waals surface area contributed by atoms with Crippen LogP contribution in [0.1, 0.15) is 60.8 Å². The van der Waals surface area contributed by atoms with Gasteiger partial charge in [-0.05, 0) is 73.5 Å². The molecule has 1 aromatic carbocycles. The maximum Gasteiger partial charge on any atom is 0.309 e. The molecule has 0 spiro atoms. The second-order valence-electron chi connectivity index (χ2n) is 8.11. The molecule has 0 aromatic heterocycles. The third-order valence-corrected chi connectivity index (χ3v) is 6.61. The molecule has 4 aliphatic rings. The summed E-state index contributed by atoms with van der Waals surface area (Å²) in [4.78, 5) is 12.0. The van der Waals surface area contributed by atoms with Crippen LogP contribution in [0.3, 0.4) is 0 Å². The van der Waals surface area contributed by atoms with E-state index < -0.39 is 11.4 Å². The van der Waals surface area contributed by atoms with Gasteiger partial charge in [-0.25, -0.2) is 0 Å². The van der Waals surface area contributed by atoms with E-state index in [4.69, 9.17) is 0 Å². The van der Waals surface area contributed by atoms with Gasteiger partial charge in [0.25, 0.3) is 0 Å². The van der Waals surface area contributed by atoms with Gasteiger partial charge < -0.3 is 5.11 Å². The Hall–Kier alpha value is -2.84. The molecular weight excluding hydrogens is 314 g/mol. The lowest BCUT2D eigenvalue weighted by Crippen LogP contribution is -2.57. The third kappa shape index (κ3) is 2.08. The van der Waals surface area contributed by atoms with Crippen molar-refractivity contribution in [3.8, 4) is 18.2 Å². The van der Waals surface area contributed by atoms with Crippen molar-refractivity contribution in [2.24, 2.45) is 17.3 Å². The lowest BCUT2D eigenvalue weighted by molar-refractivity contribution is -0.167. The van der Waals surface area contributed by atoms with Crippen LogP contribution in [0, 0.1) is 51.2 Å². The second-order valence-corrected chi connectivity index (χ2v) is 8.11. The lowest BCUT2D eigenvalue weighted by Gasteiger charge is -2.61. The van der Waals surface area contributed by atoms with Gasteiger partial charge in [-0.15, -0.1) is 0 Å². The van der Waals surface area contributed by atoms with Gasteiger partial charge in [-0.1, -0.05) is 0 Å². The minimum absolute atomic E-state index is 0.209. The summed E-state index contributed by atoms with van der Waals surface area (Å²) in [5.74, 6) is 0.00813. The van der Waals surface area contributed by atoms with Crippen LogP contribution in [0.4, 0.5) is 0 Å². The topological polar surface area (TPSA) is 109 Å². The van der Waals surface area contributed by atoms with E-state index in [0.717, 1.165) is 37.7 Å². The van der Waals surface area contributed by atoms with Crippen molar-refractivity contribution in [3.05, 3.63) is 34.4 Å². The normalized spacial score (nSPS) is 34.8. The fraction of sp³-hybridized carbons (Fsp3) is 0.500. The molecule has 4 saturated carbocycles. The minimum Gasteiger partial charge on any atom is -0.481 e. The van der Waals surface area contributed by atoms with E-state index in [1.165, 1.54) is 6.07 Å². The van der Waals surface area contributed by atoms with Gasteiger partial charge >= 0.3 is 5.97 Å². The number of benzene rings is 1. The Morgan fingerprint density at radius 1 is 0.960 bits per heavy atom. The summed E-state index contributed by atoms with van der Waals surface area (Å²) in [6, 6.07) is 9.40. The van der Waals surface area contributed by atoms with Gasteiger partial charge in [0, 0.05) is 0 Å². The Morgan fingerprint density at radius 3 is 2.04 bits per heavy atom. The number of rotatable bonds is 2. The molecule has 0 aliphatic heterocycles. The molecular formula is C20H17N3O2. The monoisotopic (exact) mass is 331 g/mol. The number of hydrogen-bond donors (Lipinski definition) is 1. The molecule has 5 nitrogen and oxygen atoms in total. The van der Waals surface area contributed by atoms with E-state index >= 15 is 0 Å². The fourth-order valence-corrected chi connectivity index (χ4v) is 6.14. The Balaban J connectivity index is 1.91. The van der Waals surface area contributed by atoms with Gasteiger partial charge in [-0.3, -0.25) is 4.79 Å². The number of carboxylic acid groups (broad SMARTS) is 1. The largest absolute Gasteiger partial charge is 0.481 e. The van der Waals surface area contributed by atoms with Crippen molar-refractivity contribution in [1.29, 1.82) is 15.8 Å². The molecule has 0 saturated heterocycles. The van der Waals surface area contributed by atoms with Crippen LogP contribution in [-0.4, -0.2) is 11.1 Å². The van der Waals surface area contributed by atoms with Crippen molar-refractivity contribution in [3.63, 3.8) is 0 Å². The number of hydrogen-bond acceptors (Lipinski definition) is 4. The molecule has 0 radical (unpaired) electrons. The summed E-state index contributed by atoms with van der Waals surface area (Å²) in [6.45, 7) is 0. The molecule has 0 heterocycles. The van der Waals surface area contributed by atoms with E-state index in [1.807, 2.05) is 6.07 Å². The first-order valence-electron chi connectivity index (χ1n) is 8.57. The highest BCUT2D eigenvalue weighted by Gasteiger charge is 2.61. The van der Waals surface area contributed by atoms with Crippen molar-refractivity contribution in [1.82, 2.24) is 0 Å². The Kier molecular flexibility index (Phi) is 3.18. The molecule has 4 fully saturated rings. The van der Waals surface area contributed by atoms with Crippen LogP contribution >= 0.6 is 0 Å². The molecule has 1 aromatic rings. The number of carboxylic acids is 1. The summed E-state index contributed by atoms with van der Waals surface area (Å²) in [6.07, 6.45) is 4.81. The predicted molar refractivity (Wildman–Crippen MR) is 87.0 cm³/mol. The molecule has 4 atom stereocenters. The molecule has 124 valence electrons. The van der Waals surface area contributed by atoms with Crippen molar-refractivity contribution in [2.45, 2.75) is 43.9 Å². The minimum atomic E-state index is -0.723. The average molecular weight is 331 g/mol. The first-order valence-corrected chi connectivity index (χ1v) is 8.57. The first kappa shape index (κ1) is 15.7. The highest BCUT2D eigenvalue weighted by atomic mass is 16.4. The van der Waals surface area contributed by atoms with E-state index in [0.29, 0.717) is 23.8 Å². The summed E-state index contributed by atoms with van der Waals surface area (Å²) < 4.78 is 0. The van der Waals surface area contributed by atoms with E-state index in [-0.39, 0.29) is 16.5 Å². The third-order valence-electron chi connectivity index (χ3n) is 6.61. The highest BCUT2D eigenvalue weighted by molar-refractivity contribution is 5.76. The summed E-state index contributed by atoms with van der Waals surface area (Å²) in [7, 11) is 0. The van der Waals surface area contributed by atoms with Crippen LogP contribution in [0.2, 0.25) is 0 Å². The molecule has 4 bridgehead atoms. The zero-order valence-corrected chi connectivity index (χ0v) is 13.7. The molecule has 4 aliphatic carbocycles. The number of nitriles is 3. The number of nitrogens with zero attached hydrogens (tertiary/aromatic N) is 3. The maximum absolute atomic E-state index is 12.0. The van der Waals surface area contributed by atoms with Gasteiger partial charge in [0.05, 0.1) is 28.2 Å². The van der Waals surface area contributed by atoms with Gasteiger partial charge in [0.15, 0.2) is 0 Å². The smallest absolute Gasteiger partial charge is 0.309 e. The molecule has 5 rings (SSSR count). The van der Waals surface area contributed by atoms with Gasteiger partial charge in [0.1, 0.15) is 12.1 Å². The first-order chi connectivity index (χ1) is 11.9. The summed E-state index contributed by atoms with van der Waals surface area (Å²) >= 11 is 0. The van der Waals surface area contributed by atoms with Crippen LogP contribution in [0.25, 0.3) is 0 Å². The van der Waals surface area contributed by atoms with Crippen molar-refractivity contribution in [2.75, 3.05) is 0 Å².